The Morgan fingerprint density at radius 3 is 2.31 bits per heavy atom. The summed E-state index contributed by atoms with van der Waals surface area (Å²) in [6.07, 6.45) is -2.66. The monoisotopic (exact) mass is 375 g/mol. The molecule has 1 aliphatic heterocycles. The van der Waals surface area contributed by atoms with Crippen molar-refractivity contribution < 1.29 is 31.6 Å². The molecule has 2 heterocycles. The van der Waals surface area contributed by atoms with E-state index in [0.29, 0.717) is 18.3 Å². The lowest BCUT2D eigenvalue weighted by atomic mass is 9.79. The van der Waals surface area contributed by atoms with Gasteiger partial charge in [-0.3, -0.25) is 0 Å². The van der Waals surface area contributed by atoms with E-state index in [2.05, 4.69) is 4.98 Å². The number of aromatic nitrogens is 1. The predicted molar refractivity (Wildman–Crippen MR) is 87.8 cm³/mol. The highest BCUT2D eigenvalue weighted by molar-refractivity contribution is 6.62. The SMILES string of the molecule is CCC1(C)OB(c2cnc(OC3(C(F)(F)F)CCC3)c(F)c2)OC1(C)C. The molecule has 1 saturated heterocycles. The average molecular weight is 375 g/mol. The number of rotatable bonds is 4. The van der Waals surface area contributed by atoms with Crippen LogP contribution < -0.4 is 10.2 Å². The summed E-state index contributed by atoms with van der Waals surface area (Å²) in [6, 6.07) is 1.06. The highest BCUT2D eigenvalue weighted by Gasteiger charge is 2.61. The summed E-state index contributed by atoms with van der Waals surface area (Å²) < 4.78 is 70.7. The Kier molecular flexibility index (Phi) is 4.55. The van der Waals surface area contributed by atoms with Crippen molar-refractivity contribution in [1.82, 2.24) is 4.98 Å². The number of ether oxygens (including phenoxy) is 1. The minimum Gasteiger partial charge on any atom is -0.459 e. The molecule has 1 aromatic rings. The van der Waals surface area contributed by atoms with E-state index < -0.39 is 41.8 Å². The van der Waals surface area contributed by atoms with Crippen LogP contribution in [0.3, 0.4) is 0 Å². The van der Waals surface area contributed by atoms with Gasteiger partial charge in [0.25, 0.3) is 5.88 Å². The molecule has 0 amide bonds. The largest absolute Gasteiger partial charge is 0.496 e. The molecular formula is C17H22BF4NO3. The predicted octanol–water partition coefficient (Wildman–Crippen LogP) is 3.77. The van der Waals surface area contributed by atoms with Crippen LogP contribution in [0.15, 0.2) is 12.3 Å². The Labute approximate surface area is 150 Å². The highest BCUT2D eigenvalue weighted by Crippen LogP contribution is 2.48. The van der Waals surface area contributed by atoms with Crippen molar-refractivity contribution in [2.75, 3.05) is 0 Å². The van der Waals surface area contributed by atoms with E-state index in [4.69, 9.17) is 14.0 Å². The molecule has 2 aliphatic rings. The summed E-state index contributed by atoms with van der Waals surface area (Å²) in [7, 11) is -0.841. The summed E-state index contributed by atoms with van der Waals surface area (Å²) >= 11 is 0. The van der Waals surface area contributed by atoms with Crippen molar-refractivity contribution >= 4 is 12.6 Å². The zero-order chi connectivity index (χ0) is 19.4. The lowest BCUT2D eigenvalue weighted by Crippen LogP contribution is -2.55. The van der Waals surface area contributed by atoms with Gasteiger partial charge in [0.15, 0.2) is 5.82 Å². The first-order valence-corrected chi connectivity index (χ1v) is 8.70. The summed E-state index contributed by atoms with van der Waals surface area (Å²) in [5, 5.41) is 0. The van der Waals surface area contributed by atoms with Crippen molar-refractivity contribution in [2.24, 2.45) is 0 Å². The third-order valence-electron chi connectivity index (χ3n) is 5.79. The average Bonchev–Trinajstić information content (AvgIpc) is 2.73. The molecule has 2 fully saturated rings. The Hall–Kier alpha value is -1.35. The molecule has 1 unspecified atom stereocenters. The lowest BCUT2D eigenvalue weighted by molar-refractivity contribution is -0.275. The minimum atomic E-state index is -4.57. The van der Waals surface area contributed by atoms with Gasteiger partial charge in [-0.05, 0) is 52.5 Å². The van der Waals surface area contributed by atoms with Crippen LogP contribution in [0.4, 0.5) is 17.6 Å². The first-order chi connectivity index (χ1) is 11.9. The second-order valence-corrected chi connectivity index (χ2v) is 7.67. The smallest absolute Gasteiger partial charge is 0.459 e. The molecule has 9 heteroatoms. The van der Waals surface area contributed by atoms with Crippen LogP contribution in [0.5, 0.6) is 5.88 Å². The zero-order valence-electron chi connectivity index (χ0n) is 15.2. The van der Waals surface area contributed by atoms with Crippen molar-refractivity contribution in [3.8, 4) is 5.88 Å². The Morgan fingerprint density at radius 1 is 1.23 bits per heavy atom. The van der Waals surface area contributed by atoms with Gasteiger partial charge in [-0.15, -0.1) is 0 Å². The van der Waals surface area contributed by atoms with Crippen LogP contribution in [-0.4, -0.2) is 35.1 Å². The maximum atomic E-state index is 14.4. The fourth-order valence-electron chi connectivity index (χ4n) is 3.21. The third-order valence-corrected chi connectivity index (χ3v) is 5.79. The molecule has 1 atom stereocenters. The summed E-state index contributed by atoms with van der Waals surface area (Å²) in [4.78, 5) is 3.77. The van der Waals surface area contributed by atoms with Crippen LogP contribution >= 0.6 is 0 Å². The van der Waals surface area contributed by atoms with Gasteiger partial charge in [0, 0.05) is 11.7 Å². The highest BCUT2D eigenvalue weighted by atomic mass is 19.4. The standard InChI is InChI=1S/C17H22BF4NO3/c1-5-15(4)14(2,3)25-18(26-15)11-9-12(19)13(23-10-11)24-16(7-6-8-16)17(20,21)22/h9-10H,5-8H2,1-4H3. The van der Waals surface area contributed by atoms with Crippen LogP contribution in [0.2, 0.25) is 0 Å². The molecule has 1 saturated carbocycles. The lowest BCUT2D eigenvalue weighted by Gasteiger charge is -2.42. The molecule has 1 aliphatic carbocycles. The molecule has 4 nitrogen and oxygen atoms in total. The van der Waals surface area contributed by atoms with Crippen LogP contribution in [0.1, 0.15) is 53.4 Å². The van der Waals surface area contributed by atoms with Crippen LogP contribution in [0, 0.1) is 5.82 Å². The molecule has 0 radical (unpaired) electrons. The summed E-state index contributed by atoms with van der Waals surface area (Å²) in [5.74, 6) is -1.62. The van der Waals surface area contributed by atoms with Crippen molar-refractivity contribution in [3.05, 3.63) is 18.1 Å². The number of pyridine rings is 1. The molecule has 0 spiro atoms. The van der Waals surface area contributed by atoms with Crippen LogP contribution in [0.25, 0.3) is 0 Å². The van der Waals surface area contributed by atoms with E-state index in [9.17, 15) is 17.6 Å². The van der Waals surface area contributed by atoms with Crippen molar-refractivity contribution in [1.29, 1.82) is 0 Å². The van der Waals surface area contributed by atoms with E-state index in [-0.39, 0.29) is 12.8 Å². The van der Waals surface area contributed by atoms with Crippen LogP contribution in [-0.2, 0) is 9.31 Å². The van der Waals surface area contributed by atoms with E-state index in [0.717, 1.165) is 6.07 Å². The van der Waals surface area contributed by atoms with Gasteiger partial charge in [0.1, 0.15) is 0 Å². The topological polar surface area (TPSA) is 40.6 Å². The first-order valence-electron chi connectivity index (χ1n) is 8.70. The molecule has 26 heavy (non-hydrogen) atoms. The van der Waals surface area contributed by atoms with E-state index in [1.54, 1.807) is 0 Å². The maximum absolute atomic E-state index is 14.4. The molecule has 1 aromatic heterocycles. The van der Waals surface area contributed by atoms with Gasteiger partial charge in [-0.25, -0.2) is 9.37 Å². The Balaban J connectivity index is 1.81. The summed E-state index contributed by atoms with van der Waals surface area (Å²) in [6.45, 7) is 7.61. The van der Waals surface area contributed by atoms with Gasteiger partial charge >= 0.3 is 13.3 Å². The molecule has 0 N–H and O–H groups in total. The van der Waals surface area contributed by atoms with Gasteiger partial charge in [0.2, 0.25) is 5.60 Å². The van der Waals surface area contributed by atoms with Gasteiger partial charge in [-0.2, -0.15) is 13.2 Å². The first kappa shape index (κ1) is 19.4. The normalized spacial score (nSPS) is 27.3. The molecule has 0 aromatic carbocycles. The van der Waals surface area contributed by atoms with E-state index >= 15 is 0 Å². The maximum Gasteiger partial charge on any atom is 0.496 e. The summed E-state index contributed by atoms with van der Waals surface area (Å²) in [5.41, 5.74) is -3.22. The van der Waals surface area contributed by atoms with Gasteiger partial charge in [0.05, 0.1) is 11.2 Å². The number of hydrogen-bond donors (Lipinski definition) is 0. The quantitative estimate of drug-likeness (QED) is 0.594. The molecule has 3 rings (SSSR count). The molecule has 0 bridgehead atoms. The second kappa shape index (κ2) is 6.09. The zero-order valence-corrected chi connectivity index (χ0v) is 15.2. The number of halogens is 4. The number of nitrogens with zero attached hydrogens (tertiary/aromatic N) is 1. The fourth-order valence-corrected chi connectivity index (χ4v) is 3.21. The van der Waals surface area contributed by atoms with E-state index in [1.165, 1.54) is 6.20 Å². The number of hydrogen-bond acceptors (Lipinski definition) is 4. The molecular weight excluding hydrogens is 353 g/mol. The van der Waals surface area contributed by atoms with Crippen molar-refractivity contribution in [3.63, 3.8) is 0 Å². The van der Waals surface area contributed by atoms with Crippen molar-refractivity contribution in [2.45, 2.75) is 76.4 Å². The minimum absolute atomic E-state index is 0.197. The fraction of sp³-hybridized carbons (Fsp3) is 0.706. The third kappa shape index (κ3) is 2.99. The second-order valence-electron chi connectivity index (χ2n) is 7.67. The Morgan fingerprint density at radius 2 is 1.88 bits per heavy atom. The van der Waals surface area contributed by atoms with Gasteiger partial charge < -0.3 is 14.0 Å². The van der Waals surface area contributed by atoms with E-state index in [1.807, 2.05) is 27.7 Å². The number of alkyl halides is 3. The Bertz CT molecular complexity index is 693. The van der Waals surface area contributed by atoms with Gasteiger partial charge in [-0.1, -0.05) is 6.92 Å². The molecule has 144 valence electrons.